The Morgan fingerprint density at radius 2 is 2.06 bits per heavy atom. The highest BCUT2D eigenvalue weighted by molar-refractivity contribution is 7.99. The molecule has 0 amide bonds. The Hall–Kier alpha value is -1.49. The Morgan fingerprint density at radius 3 is 2.71 bits per heavy atom. The van der Waals surface area contributed by atoms with Gasteiger partial charge >= 0.3 is 0 Å². The van der Waals surface area contributed by atoms with Crippen LogP contribution in [-0.2, 0) is 0 Å². The molecule has 0 aliphatic rings. The van der Waals surface area contributed by atoms with Gasteiger partial charge in [-0.1, -0.05) is 6.92 Å². The first-order valence-electron chi connectivity index (χ1n) is 5.45. The summed E-state index contributed by atoms with van der Waals surface area (Å²) in [6.07, 6.45) is 1.09. The maximum Gasteiger partial charge on any atom is 0.128 e. The first-order chi connectivity index (χ1) is 8.20. The molecule has 0 aliphatic heterocycles. The van der Waals surface area contributed by atoms with Crippen molar-refractivity contribution in [3.63, 3.8) is 0 Å². The van der Waals surface area contributed by atoms with E-state index in [1.54, 1.807) is 28.6 Å². The summed E-state index contributed by atoms with van der Waals surface area (Å²) in [5.41, 5.74) is 6.65. The van der Waals surface area contributed by atoms with Gasteiger partial charge in [0, 0.05) is 6.07 Å². The van der Waals surface area contributed by atoms with Gasteiger partial charge in [0.25, 0.3) is 0 Å². The van der Waals surface area contributed by atoms with Crippen LogP contribution in [0.5, 0.6) is 0 Å². The Kier molecular flexibility index (Phi) is 3.68. The topological polar surface area (TPSA) is 43.8 Å². The molecular formula is C12H14FN3S. The van der Waals surface area contributed by atoms with E-state index in [4.69, 9.17) is 5.73 Å². The van der Waals surface area contributed by atoms with Crippen LogP contribution in [0.1, 0.15) is 13.3 Å². The van der Waals surface area contributed by atoms with Crippen molar-refractivity contribution in [2.24, 2.45) is 0 Å². The summed E-state index contributed by atoms with van der Waals surface area (Å²) < 4.78 is 14.4. The van der Waals surface area contributed by atoms with E-state index >= 15 is 0 Å². The number of thioether (sulfide) groups is 1. The number of hydrogen-bond acceptors (Lipinski definition) is 3. The lowest BCUT2D eigenvalue weighted by atomic mass is 10.3. The van der Waals surface area contributed by atoms with Crippen molar-refractivity contribution < 1.29 is 4.39 Å². The zero-order valence-electron chi connectivity index (χ0n) is 9.56. The maximum absolute atomic E-state index is 12.8. The summed E-state index contributed by atoms with van der Waals surface area (Å²) in [5.74, 6) is 1.31. The van der Waals surface area contributed by atoms with E-state index < -0.39 is 0 Å². The first kappa shape index (κ1) is 12.0. The highest BCUT2D eigenvalue weighted by Gasteiger charge is 2.07. The second-order valence-electron chi connectivity index (χ2n) is 3.64. The molecule has 0 radical (unpaired) electrons. The van der Waals surface area contributed by atoms with Gasteiger partial charge in [0.2, 0.25) is 0 Å². The highest BCUT2D eigenvalue weighted by Crippen LogP contribution is 2.22. The van der Waals surface area contributed by atoms with E-state index in [-0.39, 0.29) is 5.82 Å². The second-order valence-corrected chi connectivity index (χ2v) is 4.76. The number of anilines is 1. The molecule has 17 heavy (non-hydrogen) atoms. The number of rotatable bonds is 4. The predicted molar refractivity (Wildman–Crippen MR) is 68.9 cm³/mol. The number of nitrogens with zero attached hydrogens (tertiary/aromatic N) is 2. The fourth-order valence-electron chi connectivity index (χ4n) is 1.44. The van der Waals surface area contributed by atoms with E-state index in [1.165, 1.54) is 12.1 Å². The summed E-state index contributed by atoms with van der Waals surface area (Å²) in [7, 11) is 0. The van der Waals surface area contributed by atoms with Crippen LogP contribution >= 0.6 is 11.8 Å². The smallest absolute Gasteiger partial charge is 0.128 e. The monoisotopic (exact) mass is 251 g/mol. The van der Waals surface area contributed by atoms with Gasteiger partial charge in [0.15, 0.2) is 0 Å². The van der Waals surface area contributed by atoms with E-state index in [1.807, 2.05) is 6.07 Å². The molecule has 0 saturated heterocycles. The standard InChI is InChI=1S/C12H14FN3S/c1-2-7-17-12-8-11(14)16(15-12)10-5-3-9(13)4-6-10/h3-6,8H,2,7,14H2,1H3. The van der Waals surface area contributed by atoms with E-state index in [0.717, 1.165) is 22.9 Å². The van der Waals surface area contributed by atoms with Crippen LogP contribution < -0.4 is 5.73 Å². The van der Waals surface area contributed by atoms with Crippen LogP contribution in [0, 0.1) is 5.82 Å². The minimum Gasteiger partial charge on any atom is -0.384 e. The van der Waals surface area contributed by atoms with Gasteiger partial charge in [-0.15, -0.1) is 11.8 Å². The molecule has 0 fully saturated rings. The lowest BCUT2D eigenvalue weighted by Gasteiger charge is -2.02. The number of benzene rings is 1. The molecule has 2 rings (SSSR count). The lowest BCUT2D eigenvalue weighted by Crippen LogP contribution is -2.01. The van der Waals surface area contributed by atoms with Crippen LogP contribution in [-0.4, -0.2) is 15.5 Å². The number of halogens is 1. The molecule has 1 aromatic carbocycles. The third-order valence-electron chi connectivity index (χ3n) is 2.24. The number of hydrogen-bond donors (Lipinski definition) is 1. The van der Waals surface area contributed by atoms with Crippen molar-refractivity contribution in [1.82, 2.24) is 9.78 Å². The Labute approximate surface area is 104 Å². The van der Waals surface area contributed by atoms with Crippen LogP contribution in [0.3, 0.4) is 0 Å². The van der Waals surface area contributed by atoms with Crippen LogP contribution in [0.4, 0.5) is 10.2 Å². The van der Waals surface area contributed by atoms with Crippen LogP contribution in [0.25, 0.3) is 5.69 Å². The molecule has 90 valence electrons. The molecule has 0 aliphatic carbocycles. The van der Waals surface area contributed by atoms with Crippen LogP contribution in [0.15, 0.2) is 35.4 Å². The maximum atomic E-state index is 12.8. The van der Waals surface area contributed by atoms with Gasteiger partial charge in [-0.2, -0.15) is 5.10 Å². The molecule has 1 aromatic heterocycles. The summed E-state index contributed by atoms with van der Waals surface area (Å²) in [6, 6.07) is 7.95. The summed E-state index contributed by atoms with van der Waals surface area (Å²) >= 11 is 1.67. The number of nitrogen functional groups attached to an aromatic ring is 1. The average molecular weight is 251 g/mol. The largest absolute Gasteiger partial charge is 0.384 e. The van der Waals surface area contributed by atoms with Crippen molar-refractivity contribution >= 4 is 17.6 Å². The number of nitrogens with two attached hydrogens (primary N) is 1. The fraction of sp³-hybridized carbons (Fsp3) is 0.250. The zero-order chi connectivity index (χ0) is 12.3. The average Bonchev–Trinajstić information content (AvgIpc) is 2.69. The van der Waals surface area contributed by atoms with Crippen molar-refractivity contribution in [2.75, 3.05) is 11.5 Å². The number of aromatic nitrogens is 2. The molecule has 5 heteroatoms. The third-order valence-corrected chi connectivity index (χ3v) is 3.35. The quantitative estimate of drug-likeness (QED) is 0.849. The van der Waals surface area contributed by atoms with Gasteiger partial charge < -0.3 is 5.73 Å². The Bertz CT molecular complexity index is 493. The lowest BCUT2D eigenvalue weighted by molar-refractivity contribution is 0.627. The summed E-state index contributed by atoms with van der Waals surface area (Å²) in [6.45, 7) is 2.12. The molecule has 0 atom stereocenters. The molecule has 2 aromatic rings. The third kappa shape index (κ3) is 2.79. The Morgan fingerprint density at radius 1 is 1.35 bits per heavy atom. The van der Waals surface area contributed by atoms with E-state index in [0.29, 0.717) is 5.82 Å². The van der Waals surface area contributed by atoms with Gasteiger partial charge in [0.1, 0.15) is 16.7 Å². The molecular weight excluding hydrogens is 237 g/mol. The van der Waals surface area contributed by atoms with Gasteiger partial charge in [-0.05, 0) is 36.4 Å². The highest BCUT2D eigenvalue weighted by atomic mass is 32.2. The van der Waals surface area contributed by atoms with Crippen LogP contribution in [0.2, 0.25) is 0 Å². The normalized spacial score (nSPS) is 10.7. The predicted octanol–water partition coefficient (Wildman–Crippen LogP) is 3.10. The van der Waals surface area contributed by atoms with Crippen molar-refractivity contribution in [2.45, 2.75) is 18.4 Å². The molecule has 2 N–H and O–H groups in total. The van der Waals surface area contributed by atoms with Gasteiger partial charge in [-0.3, -0.25) is 0 Å². The Balaban J connectivity index is 2.26. The minimum absolute atomic E-state index is 0.264. The van der Waals surface area contributed by atoms with E-state index in [2.05, 4.69) is 12.0 Å². The van der Waals surface area contributed by atoms with Gasteiger partial charge in [0.05, 0.1) is 5.69 Å². The summed E-state index contributed by atoms with van der Waals surface area (Å²) in [4.78, 5) is 0. The van der Waals surface area contributed by atoms with E-state index in [9.17, 15) is 4.39 Å². The first-order valence-corrected chi connectivity index (χ1v) is 6.43. The SMILES string of the molecule is CCCSc1cc(N)n(-c2ccc(F)cc2)n1. The second kappa shape index (κ2) is 5.23. The minimum atomic E-state index is -0.264. The molecule has 0 unspecified atom stereocenters. The fourth-order valence-corrected chi connectivity index (χ4v) is 2.20. The van der Waals surface area contributed by atoms with Crippen molar-refractivity contribution in [3.05, 3.63) is 36.1 Å². The summed E-state index contributed by atoms with van der Waals surface area (Å²) in [5, 5.41) is 5.28. The molecule has 0 spiro atoms. The van der Waals surface area contributed by atoms with Gasteiger partial charge in [-0.25, -0.2) is 9.07 Å². The molecule has 0 bridgehead atoms. The van der Waals surface area contributed by atoms with Crippen molar-refractivity contribution in [1.29, 1.82) is 0 Å². The molecule has 1 heterocycles. The molecule has 3 nitrogen and oxygen atoms in total. The van der Waals surface area contributed by atoms with Crippen molar-refractivity contribution in [3.8, 4) is 5.69 Å². The zero-order valence-corrected chi connectivity index (χ0v) is 10.4. The molecule has 0 saturated carbocycles.